The van der Waals surface area contributed by atoms with E-state index >= 15 is 0 Å². The second-order valence-corrected chi connectivity index (χ2v) is 6.18. The van der Waals surface area contributed by atoms with Crippen LogP contribution in [0.1, 0.15) is 46.0 Å². The first-order chi connectivity index (χ1) is 9.11. The van der Waals surface area contributed by atoms with Crippen molar-refractivity contribution in [2.75, 3.05) is 19.6 Å². The van der Waals surface area contributed by atoms with Gasteiger partial charge in [0.15, 0.2) is 0 Å². The Labute approximate surface area is 116 Å². The van der Waals surface area contributed by atoms with Crippen molar-refractivity contribution < 1.29 is 9.59 Å². The Morgan fingerprint density at radius 3 is 2.21 bits per heavy atom. The summed E-state index contributed by atoms with van der Waals surface area (Å²) in [4.78, 5) is 27.5. The Balaban J connectivity index is 1.85. The highest BCUT2D eigenvalue weighted by Gasteiger charge is 2.30. The number of carbonyl (C=O) groups excluding carboxylic acids is 2. The molecular formula is C15H26N2O2. The van der Waals surface area contributed by atoms with E-state index in [1.165, 1.54) is 6.42 Å². The lowest BCUT2D eigenvalue weighted by molar-refractivity contribution is -0.138. The van der Waals surface area contributed by atoms with Crippen molar-refractivity contribution in [3.05, 3.63) is 0 Å². The van der Waals surface area contributed by atoms with Gasteiger partial charge in [0.25, 0.3) is 0 Å². The zero-order valence-corrected chi connectivity index (χ0v) is 12.2. The standard InChI is InChI=1S/C15H26N2O2/c1-12-4-3-5-13(2)17(12)15(19)10-16-8-6-14(11-18)7-9-16/h11-14H,3-10H2,1-2H3. The van der Waals surface area contributed by atoms with Gasteiger partial charge in [0, 0.05) is 18.0 Å². The highest BCUT2D eigenvalue weighted by atomic mass is 16.2. The Morgan fingerprint density at radius 1 is 1.11 bits per heavy atom. The molecule has 2 unspecified atom stereocenters. The molecule has 2 rings (SSSR count). The first kappa shape index (κ1) is 14.5. The zero-order valence-electron chi connectivity index (χ0n) is 12.2. The number of carbonyl (C=O) groups is 2. The summed E-state index contributed by atoms with van der Waals surface area (Å²) in [5, 5.41) is 0. The molecule has 4 heteroatoms. The SMILES string of the molecule is CC1CCCC(C)N1C(=O)CN1CCC(C=O)CC1. The van der Waals surface area contributed by atoms with Crippen LogP contribution in [0, 0.1) is 5.92 Å². The normalized spacial score (nSPS) is 30.3. The molecule has 1 amide bonds. The van der Waals surface area contributed by atoms with Gasteiger partial charge >= 0.3 is 0 Å². The van der Waals surface area contributed by atoms with Crippen molar-refractivity contribution in [2.45, 2.75) is 58.0 Å². The summed E-state index contributed by atoms with van der Waals surface area (Å²) in [6, 6.07) is 0.757. The number of hydrogen-bond donors (Lipinski definition) is 0. The van der Waals surface area contributed by atoms with Crippen molar-refractivity contribution in [3.63, 3.8) is 0 Å². The van der Waals surface area contributed by atoms with Crippen LogP contribution in [0.5, 0.6) is 0 Å². The molecule has 4 nitrogen and oxygen atoms in total. The zero-order chi connectivity index (χ0) is 13.8. The molecule has 0 radical (unpaired) electrons. The molecule has 19 heavy (non-hydrogen) atoms. The van der Waals surface area contributed by atoms with E-state index < -0.39 is 0 Å². The third-order valence-electron chi connectivity index (χ3n) is 4.67. The van der Waals surface area contributed by atoms with Crippen LogP contribution in [-0.2, 0) is 9.59 Å². The minimum atomic E-state index is 0.208. The van der Waals surface area contributed by atoms with Crippen LogP contribution in [-0.4, -0.2) is 53.7 Å². The van der Waals surface area contributed by atoms with Gasteiger partial charge in [0.2, 0.25) is 5.91 Å². The van der Waals surface area contributed by atoms with Gasteiger partial charge in [-0.1, -0.05) is 0 Å². The number of likely N-dealkylation sites (tertiary alicyclic amines) is 2. The topological polar surface area (TPSA) is 40.6 Å². The lowest BCUT2D eigenvalue weighted by Gasteiger charge is -2.40. The van der Waals surface area contributed by atoms with E-state index in [1.54, 1.807) is 0 Å². The summed E-state index contributed by atoms with van der Waals surface area (Å²) in [5.41, 5.74) is 0. The van der Waals surface area contributed by atoms with Crippen molar-refractivity contribution in [2.24, 2.45) is 5.92 Å². The molecule has 0 N–H and O–H groups in total. The maximum absolute atomic E-state index is 12.5. The van der Waals surface area contributed by atoms with Crippen molar-refractivity contribution in [1.29, 1.82) is 0 Å². The predicted molar refractivity (Wildman–Crippen MR) is 74.8 cm³/mol. The molecule has 2 saturated heterocycles. The van der Waals surface area contributed by atoms with Crippen LogP contribution in [0.15, 0.2) is 0 Å². The minimum Gasteiger partial charge on any atom is -0.336 e. The van der Waals surface area contributed by atoms with E-state index in [9.17, 15) is 9.59 Å². The molecule has 0 aliphatic carbocycles. The number of piperidine rings is 2. The van der Waals surface area contributed by atoms with E-state index in [2.05, 4.69) is 23.6 Å². The number of nitrogens with zero attached hydrogens (tertiary/aromatic N) is 2. The van der Waals surface area contributed by atoms with Gasteiger partial charge in [-0.2, -0.15) is 0 Å². The minimum absolute atomic E-state index is 0.208. The van der Waals surface area contributed by atoms with Crippen LogP contribution < -0.4 is 0 Å². The largest absolute Gasteiger partial charge is 0.336 e. The number of amides is 1. The van der Waals surface area contributed by atoms with Gasteiger partial charge in [0.1, 0.15) is 6.29 Å². The molecule has 108 valence electrons. The van der Waals surface area contributed by atoms with Gasteiger partial charge in [-0.25, -0.2) is 0 Å². The molecule has 0 aromatic carbocycles. The van der Waals surface area contributed by atoms with Gasteiger partial charge < -0.3 is 9.69 Å². The van der Waals surface area contributed by atoms with E-state index in [-0.39, 0.29) is 11.8 Å². The molecule has 2 aliphatic rings. The van der Waals surface area contributed by atoms with Crippen molar-refractivity contribution in [1.82, 2.24) is 9.80 Å². The maximum atomic E-state index is 12.5. The first-order valence-electron chi connectivity index (χ1n) is 7.60. The molecular weight excluding hydrogens is 240 g/mol. The van der Waals surface area contributed by atoms with Crippen LogP contribution in [0.25, 0.3) is 0 Å². The van der Waals surface area contributed by atoms with E-state index in [0.29, 0.717) is 18.6 Å². The Hall–Kier alpha value is -0.900. The fourth-order valence-corrected chi connectivity index (χ4v) is 3.43. The third kappa shape index (κ3) is 3.56. The molecule has 0 aromatic rings. The predicted octanol–water partition coefficient (Wildman–Crippen LogP) is 1.69. The van der Waals surface area contributed by atoms with Crippen LogP contribution >= 0.6 is 0 Å². The average molecular weight is 266 g/mol. The molecule has 2 fully saturated rings. The third-order valence-corrected chi connectivity index (χ3v) is 4.67. The van der Waals surface area contributed by atoms with Crippen LogP contribution in [0.3, 0.4) is 0 Å². The summed E-state index contributed by atoms with van der Waals surface area (Å²) in [7, 11) is 0. The van der Waals surface area contributed by atoms with Gasteiger partial charge in [0.05, 0.1) is 6.54 Å². The summed E-state index contributed by atoms with van der Waals surface area (Å²) >= 11 is 0. The van der Waals surface area contributed by atoms with Crippen LogP contribution in [0.4, 0.5) is 0 Å². The molecule has 0 spiro atoms. The fraction of sp³-hybridized carbons (Fsp3) is 0.867. The van der Waals surface area contributed by atoms with E-state index in [1.807, 2.05) is 0 Å². The lowest BCUT2D eigenvalue weighted by Crippen LogP contribution is -2.51. The monoisotopic (exact) mass is 266 g/mol. The Morgan fingerprint density at radius 2 is 1.68 bits per heavy atom. The number of rotatable bonds is 3. The molecule has 2 aliphatic heterocycles. The van der Waals surface area contributed by atoms with Gasteiger partial charge in [-0.15, -0.1) is 0 Å². The average Bonchev–Trinajstić information content (AvgIpc) is 2.39. The van der Waals surface area contributed by atoms with Gasteiger partial charge in [-0.3, -0.25) is 9.69 Å². The highest BCUT2D eigenvalue weighted by molar-refractivity contribution is 5.79. The lowest BCUT2D eigenvalue weighted by atomic mass is 9.96. The summed E-state index contributed by atoms with van der Waals surface area (Å²) in [6.07, 6.45) is 6.36. The smallest absolute Gasteiger partial charge is 0.237 e. The van der Waals surface area contributed by atoms with E-state index in [0.717, 1.165) is 45.1 Å². The van der Waals surface area contributed by atoms with Crippen LogP contribution in [0.2, 0.25) is 0 Å². The second kappa shape index (κ2) is 6.51. The molecule has 2 atom stereocenters. The van der Waals surface area contributed by atoms with Gasteiger partial charge in [-0.05, 0) is 59.0 Å². The molecule has 0 saturated carbocycles. The summed E-state index contributed by atoms with van der Waals surface area (Å²) in [6.45, 7) is 6.61. The highest BCUT2D eigenvalue weighted by Crippen LogP contribution is 2.23. The first-order valence-corrected chi connectivity index (χ1v) is 7.60. The van der Waals surface area contributed by atoms with Crippen molar-refractivity contribution >= 4 is 12.2 Å². The molecule has 0 aromatic heterocycles. The molecule has 0 bridgehead atoms. The van der Waals surface area contributed by atoms with E-state index in [4.69, 9.17) is 0 Å². The maximum Gasteiger partial charge on any atom is 0.237 e. The molecule has 2 heterocycles. The number of aldehydes is 1. The number of hydrogen-bond acceptors (Lipinski definition) is 3. The summed E-state index contributed by atoms with van der Waals surface area (Å²) in [5.74, 6) is 0.475. The Bertz CT molecular complexity index is 314. The Kier molecular flexibility index (Phi) is 4.97. The fourth-order valence-electron chi connectivity index (χ4n) is 3.43. The van der Waals surface area contributed by atoms with Crippen molar-refractivity contribution in [3.8, 4) is 0 Å². The summed E-state index contributed by atoms with van der Waals surface area (Å²) < 4.78 is 0. The quantitative estimate of drug-likeness (QED) is 0.730. The second-order valence-electron chi connectivity index (χ2n) is 6.18.